The van der Waals surface area contributed by atoms with Crippen LogP contribution in [0.15, 0.2) is 0 Å². The Kier molecular flexibility index (Phi) is 4.36. The van der Waals surface area contributed by atoms with Crippen molar-refractivity contribution in [3.8, 4) is 0 Å². The lowest BCUT2D eigenvalue weighted by Crippen LogP contribution is -2.82. The van der Waals surface area contributed by atoms with E-state index >= 15 is 8.78 Å². The number of aromatic nitrogens is 2. The Bertz CT molecular complexity index is 947. The number of nitrogens with zero attached hydrogens (tertiary/aromatic N) is 2. The van der Waals surface area contributed by atoms with Gasteiger partial charge in [0.05, 0.1) is 11.1 Å². The molecule has 3 rings (SSSR count). The van der Waals surface area contributed by atoms with Crippen molar-refractivity contribution in [2.45, 2.75) is 23.2 Å². The van der Waals surface area contributed by atoms with Crippen LogP contribution in [0.25, 0.3) is 0 Å². The molecule has 0 aliphatic heterocycles. The van der Waals surface area contributed by atoms with Crippen molar-refractivity contribution in [3.05, 3.63) is 58.2 Å². The Morgan fingerprint density at radius 2 is 0.600 bits per heavy atom. The minimum atomic E-state index is -6.66. The first-order chi connectivity index (χ1) is 13.5. The van der Waals surface area contributed by atoms with Gasteiger partial charge in [0.1, 0.15) is 0 Å². The van der Waals surface area contributed by atoms with E-state index in [1.54, 1.807) is 9.97 Å². The van der Waals surface area contributed by atoms with Crippen LogP contribution in [-0.4, -0.2) is 21.8 Å². The van der Waals surface area contributed by atoms with Crippen LogP contribution in [0.4, 0.5) is 61.5 Å². The standard InChI is InChI=1S/C14F14N2/c15-3-1(4(16)8(20)29-7(3)19)11(23)12(24,14(27,28)13(11,25)26)2-5(17)9(21)30-10(22)6(2)18. The third kappa shape index (κ3) is 2.06. The van der Waals surface area contributed by atoms with Crippen molar-refractivity contribution in [1.29, 1.82) is 0 Å². The summed E-state index contributed by atoms with van der Waals surface area (Å²) in [4.78, 5) is 3.58. The molecule has 0 N–H and O–H groups in total. The van der Waals surface area contributed by atoms with Gasteiger partial charge in [0, 0.05) is 0 Å². The van der Waals surface area contributed by atoms with Crippen molar-refractivity contribution in [1.82, 2.24) is 9.97 Å². The second-order valence-electron chi connectivity index (χ2n) is 5.86. The summed E-state index contributed by atoms with van der Waals surface area (Å²) >= 11 is 0. The molecule has 0 spiro atoms. The predicted octanol–water partition coefficient (Wildman–Crippen LogP) is 4.90. The molecule has 164 valence electrons. The molecule has 2 aromatic rings. The molecule has 1 aliphatic rings. The van der Waals surface area contributed by atoms with E-state index in [1.807, 2.05) is 0 Å². The van der Waals surface area contributed by atoms with Crippen LogP contribution >= 0.6 is 0 Å². The Morgan fingerprint density at radius 3 is 0.800 bits per heavy atom. The Balaban J connectivity index is 2.54. The highest BCUT2D eigenvalue weighted by Crippen LogP contribution is 2.77. The monoisotopic (exact) mass is 462 g/mol. The van der Waals surface area contributed by atoms with Crippen LogP contribution in [-0.2, 0) is 11.3 Å². The summed E-state index contributed by atoms with van der Waals surface area (Å²) in [6, 6.07) is 0. The highest BCUT2D eigenvalue weighted by molar-refractivity contribution is 5.49. The van der Waals surface area contributed by atoms with E-state index in [-0.39, 0.29) is 0 Å². The van der Waals surface area contributed by atoms with E-state index < -0.39 is 81.4 Å². The summed E-state index contributed by atoms with van der Waals surface area (Å²) in [5.74, 6) is -38.2. The van der Waals surface area contributed by atoms with Crippen molar-refractivity contribution in [2.24, 2.45) is 0 Å². The maximum atomic E-state index is 15.1. The highest BCUT2D eigenvalue weighted by Gasteiger charge is 3.00. The zero-order valence-corrected chi connectivity index (χ0v) is 13.2. The van der Waals surface area contributed by atoms with Crippen LogP contribution in [0, 0.1) is 47.1 Å². The van der Waals surface area contributed by atoms with Gasteiger partial charge in [0.15, 0.2) is 23.3 Å². The number of pyridine rings is 2. The lowest BCUT2D eigenvalue weighted by atomic mass is 9.55. The number of hydrogen-bond acceptors (Lipinski definition) is 2. The summed E-state index contributed by atoms with van der Waals surface area (Å²) in [5, 5.41) is 0. The zero-order valence-electron chi connectivity index (χ0n) is 13.2. The van der Waals surface area contributed by atoms with Gasteiger partial charge in [0.25, 0.3) is 35.1 Å². The van der Waals surface area contributed by atoms with E-state index in [0.717, 1.165) is 0 Å². The molecule has 30 heavy (non-hydrogen) atoms. The largest absolute Gasteiger partial charge is 0.355 e. The van der Waals surface area contributed by atoms with Gasteiger partial charge < -0.3 is 0 Å². The Labute approximate surface area is 154 Å². The number of alkyl halides is 6. The van der Waals surface area contributed by atoms with E-state index in [2.05, 4.69) is 0 Å². The molecule has 0 bridgehead atoms. The topological polar surface area (TPSA) is 25.8 Å². The molecule has 2 unspecified atom stereocenters. The molecular formula is C14F14N2. The second kappa shape index (κ2) is 5.94. The fraction of sp³-hybridized carbons (Fsp3) is 0.286. The molecule has 2 aromatic heterocycles. The molecule has 2 heterocycles. The van der Waals surface area contributed by atoms with Gasteiger partial charge in [-0.2, -0.15) is 45.1 Å². The molecule has 0 saturated heterocycles. The average Bonchev–Trinajstić information content (AvgIpc) is 2.64. The van der Waals surface area contributed by atoms with Crippen LogP contribution in [0.5, 0.6) is 0 Å². The van der Waals surface area contributed by atoms with Crippen molar-refractivity contribution in [3.63, 3.8) is 0 Å². The van der Waals surface area contributed by atoms with E-state index in [1.165, 1.54) is 0 Å². The summed E-state index contributed by atoms with van der Waals surface area (Å²) < 4.78 is 194. The minimum absolute atomic E-state index is 1.79. The van der Waals surface area contributed by atoms with E-state index in [9.17, 15) is 52.7 Å². The predicted molar refractivity (Wildman–Crippen MR) is 63.6 cm³/mol. The fourth-order valence-corrected chi connectivity index (χ4v) is 3.04. The van der Waals surface area contributed by atoms with Crippen LogP contribution in [0.1, 0.15) is 11.1 Å². The maximum Gasteiger partial charge on any atom is 0.355 e. The van der Waals surface area contributed by atoms with Crippen LogP contribution < -0.4 is 0 Å². The molecule has 1 aliphatic carbocycles. The SMILES string of the molecule is Fc1nc(F)c(F)c(C2(F)C(F)(F)C(F)(F)C2(F)c2c(F)c(F)nc(F)c2F)c1F. The van der Waals surface area contributed by atoms with Crippen LogP contribution in [0.3, 0.4) is 0 Å². The summed E-state index contributed by atoms with van der Waals surface area (Å²) in [6.45, 7) is 0. The lowest BCUT2D eigenvalue weighted by molar-refractivity contribution is -0.453. The normalized spacial score (nSPS) is 27.1. The fourth-order valence-electron chi connectivity index (χ4n) is 3.04. The first kappa shape index (κ1) is 22.0. The Hall–Kier alpha value is -2.68. The summed E-state index contributed by atoms with van der Waals surface area (Å²) in [6.07, 6.45) is 0. The van der Waals surface area contributed by atoms with Crippen molar-refractivity contribution in [2.75, 3.05) is 0 Å². The molecule has 0 aromatic carbocycles. The van der Waals surface area contributed by atoms with Gasteiger partial charge in [-0.3, -0.25) is 0 Å². The van der Waals surface area contributed by atoms with Crippen molar-refractivity contribution < 1.29 is 61.5 Å². The van der Waals surface area contributed by atoms with Gasteiger partial charge in [0.2, 0.25) is 0 Å². The summed E-state index contributed by atoms with van der Waals surface area (Å²) in [7, 11) is 0. The first-order valence-electron chi connectivity index (χ1n) is 7.04. The van der Waals surface area contributed by atoms with E-state index in [4.69, 9.17) is 0 Å². The zero-order chi connectivity index (χ0) is 23.2. The van der Waals surface area contributed by atoms with Gasteiger partial charge in [-0.15, -0.1) is 0 Å². The quantitative estimate of drug-likeness (QED) is 0.469. The minimum Gasteiger partial charge on any atom is -0.227 e. The van der Waals surface area contributed by atoms with Gasteiger partial charge >= 0.3 is 11.8 Å². The number of rotatable bonds is 2. The molecule has 16 heteroatoms. The van der Waals surface area contributed by atoms with Crippen LogP contribution in [0.2, 0.25) is 0 Å². The molecule has 0 radical (unpaired) electrons. The average molecular weight is 462 g/mol. The Morgan fingerprint density at radius 1 is 0.400 bits per heavy atom. The number of hydrogen-bond donors (Lipinski definition) is 0. The third-order valence-corrected chi connectivity index (χ3v) is 4.42. The number of halogens is 14. The van der Waals surface area contributed by atoms with Crippen molar-refractivity contribution >= 4 is 0 Å². The molecule has 1 fully saturated rings. The lowest BCUT2D eigenvalue weighted by Gasteiger charge is -2.58. The van der Waals surface area contributed by atoms with Gasteiger partial charge in [-0.05, 0) is 0 Å². The summed E-state index contributed by atoms with van der Waals surface area (Å²) in [5.41, 5.74) is -19.5. The molecule has 2 nitrogen and oxygen atoms in total. The van der Waals surface area contributed by atoms with Gasteiger partial charge in [-0.25, -0.2) is 26.3 Å². The van der Waals surface area contributed by atoms with E-state index in [0.29, 0.717) is 0 Å². The molecule has 1 saturated carbocycles. The molecule has 0 amide bonds. The third-order valence-electron chi connectivity index (χ3n) is 4.42. The van der Waals surface area contributed by atoms with Gasteiger partial charge in [-0.1, -0.05) is 0 Å². The molecule has 2 atom stereocenters. The first-order valence-corrected chi connectivity index (χ1v) is 7.04. The molecular weight excluding hydrogens is 462 g/mol. The highest BCUT2D eigenvalue weighted by atomic mass is 19.3. The maximum absolute atomic E-state index is 15.1. The second-order valence-corrected chi connectivity index (χ2v) is 5.86. The smallest absolute Gasteiger partial charge is 0.227 e.